The summed E-state index contributed by atoms with van der Waals surface area (Å²) in [5, 5.41) is 3.38. The van der Waals surface area contributed by atoms with Crippen molar-refractivity contribution in [1.82, 2.24) is 9.55 Å². The van der Waals surface area contributed by atoms with Crippen LogP contribution in [0.15, 0.2) is 23.7 Å². The van der Waals surface area contributed by atoms with Crippen LogP contribution in [0.1, 0.15) is 29.7 Å². The fourth-order valence-electron chi connectivity index (χ4n) is 1.71. The summed E-state index contributed by atoms with van der Waals surface area (Å²) in [5.41, 5.74) is 7.96. The monoisotopic (exact) mass is 235 g/mol. The van der Waals surface area contributed by atoms with E-state index >= 15 is 0 Å². The Hall–Kier alpha value is -1.13. The van der Waals surface area contributed by atoms with Crippen LogP contribution >= 0.6 is 11.3 Å². The van der Waals surface area contributed by atoms with E-state index < -0.39 is 0 Å². The molecule has 0 spiro atoms. The molecule has 0 unspecified atom stereocenters. The Labute approximate surface area is 99.9 Å². The molecule has 0 aliphatic heterocycles. The normalized spacial score (nSPS) is 10.9. The highest BCUT2D eigenvalue weighted by Gasteiger charge is 2.04. The third kappa shape index (κ3) is 2.51. The maximum absolute atomic E-state index is 5.66. The highest BCUT2D eigenvalue weighted by Crippen LogP contribution is 2.14. The number of rotatable bonds is 5. The minimum absolute atomic E-state index is 0.582. The summed E-state index contributed by atoms with van der Waals surface area (Å²) >= 11 is 1.75. The Balaban J connectivity index is 2.08. The molecule has 3 nitrogen and oxygen atoms in total. The summed E-state index contributed by atoms with van der Waals surface area (Å²) in [5.74, 6) is 0. The summed E-state index contributed by atoms with van der Waals surface area (Å²) in [6, 6.07) is 4.08. The SMILES string of the molecule is CCCc1nc(Cn2cccc2CN)cs1. The lowest BCUT2D eigenvalue weighted by molar-refractivity contribution is 0.726. The van der Waals surface area contributed by atoms with Crippen molar-refractivity contribution in [3.8, 4) is 0 Å². The van der Waals surface area contributed by atoms with Gasteiger partial charge in [0.15, 0.2) is 0 Å². The van der Waals surface area contributed by atoms with Crippen LogP contribution in [0.2, 0.25) is 0 Å². The molecule has 0 aromatic carbocycles. The Bertz CT molecular complexity index is 445. The van der Waals surface area contributed by atoms with Gasteiger partial charge in [0.05, 0.1) is 17.2 Å². The first-order valence-electron chi connectivity index (χ1n) is 5.61. The van der Waals surface area contributed by atoms with Gasteiger partial charge in [-0.2, -0.15) is 0 Å². The van der Waals surface area contributed by atoms with Crippen LogP contribution in [-0.2, 0) is 19.5 Å². The number of hydrogen-bond acceptors (Lipinski definition) is 3. The molecule has 0 fully saturated rings. The largest absolute Gasteiger partial charge is 0.344 e. The maximum Gasteiger partial charge on any atom is 0.0928 e. The van der Waals surface area contributed by atoms with E-state index in [4.69, 9.17) is 5.73 Å². The fourth-order valence-corrected chi connectivity index (χ4v) is 2.61. The lowest BCUT2D eigenvalue weighted by atomic mass is 10.3. The van der Waals surface area contributed by atoms with Crippen LogP contribution in [0.25, 0.3) is 0 Å². The molecule has 0 saturated heterocycles. The van der Waals surface area contributed by atoms with E-state index in [9.17, 15) is 0 Å². The lowest BCUT2D eigenvalue weighted by Gasteiger charge is -2.04. The highest BCUT2D eigenvalue weighted by molar-refractivity contribution is 7.09. The Morgan fingerprint density at radius 2 is 2.38 bits per heavy atom. The molecule has 0 atom stereocenters. The Kier molecular flexibility index (Phi) is 3.74. The summed E-state index contributed by atoms with van der Waals surface area (Å²) in [7, 11) is 0. The quantitative estimate of drug-likeness (QED) is 0.865. The van der Waals surface area contributed by atoms with E-state index in [-0.39, 0.29) is 0 Å². The van der Waals surface area contributed by atoms with Crippen molar-refractivity contribution in [2.24, 2.45) is 5.73 Å². The van der Waals surface area contributed by atoms with Gasteiger partial charge < -0.3 is 10.3 Å². The molecule has 86 valence electrons. The molecule has 0 aliphatic rings. The Morgan fingerprint density at radius 3 is 3.12 bits per heavy atom. The highest BCUT2D eigenvalue weighted by atomic mass is 32.1. The van der Waals surface area contributed by atoms with Gasteiger partial charge in [-0.3, -0.25) is 0 Å². The predicted octanol–water partition coefficient (Wildman–Crippen LogP) is 2.40. The van der Waals surface area contributed by atoms with Crippen LogP contribution in [0, 0.1) is 0 Å². The lowest BCUT2D eigenvalue weighted by Crippen LogP contribution is -2.07. The van der Waals surface area contributed by atoms with Crippen molar-refractivity contribution in [2.45, 2.75) is 32.9 Å². The molecule has 16 heavy (non-hydrogen) atoms. The van der Waals surface area contributed by atoms with Crippen molar-refractivity contribution in [1.29, 1.82) is 0 Å². The van der Waals surface area contributed by atoms with Crippen LogP contribution in [-0.4, -0.2) is 9.55 Å². The zero-order valence-corrected chi connectivity index (χ0v) is 10.3. The number of aromatic nitrogens is 2. The number of thiazole rings is 1. The number of nitrogens with two attached hydrogens (primary N) is 1. The molecule has 2 aromatic heterocycles. The van der Waals surface area contributed by atoms with Crippen molar-refractivity contribution >= 4 is 11.3 Å². The first-order chi connectivity index (χ1) is 7.83. The zero-order valence-electron chi connectivity index (χ0n) is 9.52. The molecular formula is C12H17N3S. The molecule has 2 N–H and O–H groups in total. The first kappa shape index (κ1) is 11.4. The first-order valence-corrected chi connectivity index (χ1v) is 6.48. The topological polar surface area (TPSA) is 43.8 Å². The molecule has 0 radical (unpaired) electrons. The van der Waals surface area contributed by atoms with Crippen LogP contribution in [0.5, 0.6) is 0 Å². The van der Waals surface area contributed by atoms with E-state index in [1.165, 1.54) is 5.01 Å². The van der Waals surface area contributed by atoms with Crippen molar-refractivity contribution in [2.75, 3.05) is 0 Å². The van der Waals surface area contributed by atoms with Gasteiger partial charge in [0.1, 0.15) is 0 Å². The van der Waals surface area contributed by atoms with E-state index in [1.807, 2.05) is 6.07 Å². The number of aryl methyl sites for hydroxylation is 1. The van der Waals surface area contributed by atoms with E-state index in [0.717, 1.165) is 30.8 Å². The molecule has 2 heterocycles. The van der Waals surface area contributed by atoms with Gasteiger partial charge in [-0.25, -0.2) is 4.98 Å². The molecular weight excluding hydrogens is 218 g/mol. The zero-order chi connectivity index (χ0) is 11.4. The van der Waals surface area contributed by atoms with Crippen molar-refractivity contribution in [3.05, 3.63) is 40.1 Å². The average molecular weight is 235 g/mol. The van der Waals surface area contributed by atoms with Gasteiger partial charge in [0, 0.05) is 23.8 Å². The van der Waals surface area contributed by atoms with Gasteiger partial charge in [-0.15, -0.1) is 11.3 Å². The van der Waals surface area contributed by atoms with E-state index in [0.29, 0.717) is 6.54 Å². The van der Waals surface area contributed by atoms with E-state index in [1.54, 1.807) is 11.3 Å². The minimum Gasteiger partial charge on any atom is -0.344 e. The van der Waals surface area contributed by atoms with Gasteiger partial charge in [0.2, 0.25) is 0 Å². The predicted molar refractivity (Wildman–Crippen MR) is 67.5 cm³/mol. The van der Waals surface area contributed by atoms with Crippen molar-refractivity contribution < 1.29 is 0 Å². The second-order valence-electron chi connectivity index (χ2n) is 3.81. The van der Waals surface area contributed by atoms with Crippen LogP contribution < -0.4 is 5.73 Å². The fraction of sp³-hybridized carbons (Fsp3) is 0.417. The third-order valence-corrected chi connectivity index (χ3v) is 3.49. The average Bonchev–Trinajstić information content (AvgIpc) is 2.89. The molecule has 0 amide bonds. The molecule has 0 saturated carbocycles. The summed E-state index contributed by atoms with van der Waals surface area (Å²) in [6.45, 7) is 3.60. The molecule has 0 aliphatic carbocycles. The summed E-state index contributed by atoms with van der Waals surface area (Å²) in [6.07, 6.45) is 4.30. The molecule has 2 aromatic rings. The third-order valence-electron chi connectivity index (χ3n) is 2.53. The van der Waals surface area contributed by atoms with Crippen molar-refractivity contribution in [3.63, 3.8) is 0 Å². The molecule has 0 bridgehead atoms. The van der Waals surface area contributed by atoms with E-state index in [2.05, 4.69) is 34.1 Å². The molecule has 2 rings (SSSR count). The smallest absolute Gasteiger partial charge is 0.0928 e. The second-order valence-corrected chi connectivity index (χ2v) is 4.76. The van der Waals surface area contributed by atoms with Gasteiger partial charge in [-0.05, 0) is 25.0 Å². The maximum atomic E-state index is 5.66. The van der Waals surface area contributed by atoms with Gasteiger partial charge in [-0.1, -0.05) is 6.92 Å². The molecule has 4 heteroatoms. The van der Waals surface area contributed by atoms with Crippen LogP contribution in [0.4, 0.5) is 0 Å². The van der Waals surface area contributed by atoms with Crippen LogP contribution in [0.3, 0.4) is 0 Å². The standard InChI is InChI=1S/C12H17N3S/c1-2-4-12-14-10(9-16-12)8-15-6-3-5-11(15)7-13/h3,5-6,9H,2,4,7-8,13H2,1H3. The summed E-state index contributed by atoms with van der Waals surface area (Å²) < 4.78 is 2.16. The summed E-state index contributed by atoms with van der Waals surface area (Å²) in [4.78, 5) is 4.61. The number of nitrogens with zero attached hydrogens (tertiary/aromatic N) is 2. The van der Waals surface area contributed by atoms with Gasteiger partial charge in [0.25, 0.3) is 0 Å². The second kappa shape index (κ2) is 5.27. The number of hydrogen-bond donors (Lipinski definition) is 1. The Morgan fingerprint density at radius 1 is 1.50 bits per heavy atom. The minimum atomic E-state index is 0.582. The van der Waals surface area contributed by atoms with Gasteiger partial charge >= 0.3 is 0 Å².